The van der Waals surface area contributed by atoms with Crippen LogP contribution in [-0.4, -0.2) is 17.8 Å². The van der Waals surface area contributed by atoms with Gasteiger partial charge < -0.3 is 10.8 Å². The van der Waals surface area contributed by atoms with Crippen molar-refractivity contribution in [1.82, 2.24) is 0 Å². The summed E-state index contributed by atoms with van der Waals surface area (Å²) in [4.78, 5) is 0. The summed E-state index contributed by atoms with van der Waals surface area (Å²) in [6.07, 6.45) is 3.75. The second-order valence-corrected chi connectivity index (χ2v) is 3.06. The van der Waals surface area contributed by atoms with Gasteiger partial charge in [-0.1, -0.05) is 36.4 Å². The second-order valence-electron chi connectivity index (χ2n) is 3.06. The first kappa shape index (κ1) is 9.96. The molecule has 3 N–H and O–H groups in total. The van der Waals surface area contributed by atoms with Gasteiger partial charge in [-0.25, -0.2) is 0 Å². The third-order valence-corrected chi connectivity index (χ3v) is 1.92. The van der Waals surface area contributed by atoms with Crippen molar-refractivity contribution in [1.29, 1.82) is 0 Å². The van der Waals surface area contributed by atoms with Crippen LogP contribution in [0.15, 0.2) is 30.3 Å². The molecule has 2 heteroatoms. The number of hydrogen-bond acceptors (Lipinski definition) is 2. The number of aliphatic hydroxyl groups is 1. The number of nitrogens with two attached hydrogens (primary N) is 1. The standard InChI is InChI=1S/C11H15NO/c1-9-4-2-3-5-10(9)6-7-11(12)8-13/h2-7,11,13H,8,12H2,1H3/b7-6+. The molecule has 0 fully saturated rings. The predicted octanol–water partition coefficient (Wildman–Crippen LogP) is 1.33. The van der Waals surface area contributed by atoms with Gasteiger partial charge in [0.2, 0.25) is 0 Å². The quantitative estimate of drug-likeness (QED) is 0.731. The average molecular weight is 177 g/mol. The fourth-order valence-corrected chi connectivity index (χ4v) is 1.06. The highest BCUT2D eigenvalue weighted by Crippen LogP contribution is 2.08. The number of benzene rings is 1. The third kappa shape index (κ3) is 3.01. The van der Waals surface area contributed by atoms with Crippen molar-refractivity contribution < 1.29 is 5.11 Å². The molecule has 0 aliphatic rings. The zero-order valence-electron chi connectivity index (χ0n) is 7.77. The molecule has 0 radical (unpaired) electrons. The molecule has 0 aliphatic carbocycles. The van der Waals surface area contributed by atoms with Crippen LogP contribution in [0.3, 0.4) is 0 Å². The van der Waals surface area contributed by atoms with Gasteiger partial charge in [-0.15, -0.1) is 0 Å². The van der Waals surface area contributed by atoms with E-state index in [-0.39, 0.29) is 12.6 Å². The topological polar surface area (TPSA) is 46.2 Å². The van der Waals surface area contributed by atoms with Crippen LogP contribution in [0.2, 0.25) is 0 Å². The minimum atomic E-state index is -0.264. The lowest BCUT2D eigenvalue weighted by Crippen LogP contribution is -2.20. The lowest BCUT2D eigenvalue weighted by Gasteiger charge is -2.01. The van der Waals surface area contributed by atoms with Crippen LogP contribution < -0.4 is 5.73 Å². The number of hydrogen-bond donors (Lipinski definition) is 2. The molecule has 2 nitrogen and oxygen atoms in total. The lowest BCUT2D eigenvalue weighted by atomic mass is 10.1. The molecule has 1 rings (SSSR count). The molecule has 0 bridgehead atoms. The Morgan fingerprint density at radius 1 is 1.46 bits per heavy atom. The van der Waals surface area contributed by atoms with Crippen molar-refractivity contribution in [3.8, 4) is 0 Å². The molecule has 1 aromatic rings. The van der Waals surface area contributed by atoms with Crippen LogP contribution in [0.25, 0.3) is 6.08 Å². The molecule has 0 spiro atoms. The highest BCUT2D eigenvalue weighted by Gasteiger charge is 1.94. The maximum Gasteiger partial charge on any atom is 0.0618 e. The van der Waals surface area contributed by atoms with E-state index in [1.807, 2.05) is 43.3 Å². The zero-order chi connectivity index (χ0) is 9.68. The van der Waals surface area contributed by atoms with Gasteiger partial charge in [0, 0.05) is 6.04 Å². The average Bonchev–Trinajstić information content (AvgIpc) is 2.16. The van der Waals surface area contributed by atoms with Crippen molar-refractivity contribution in [2.75, 3.05) is 6.61 Å². The van der Waals surface area contributed by atoms with E-state index in [0.29, 0.717) is 0 Å². The van der Waals surface area contributed by atoms with E-state index >= 15 is 0 Å². The SMILES string of the molecule is Cc1ccccc1/C=C/C(N)CO. The Morgan fingerprint density at radius 2 is 2.15 bits per heavy atom. The molecule has 13 heavy (non-hydrogen) atoms. The molecule has 70 valence electrons. The molecule has 0 saturated heterocycles. The van der Waals surface area contributed by atoms with Gasteiger partial charge in [0.05, 0.1) is 6.61 Å². The van der Waals surface area contributed by atoms with E-state index in [9.17, 15) is 0 Å². The molecule has 1 aromatic carbocycles. The van der Waals surface area contributed by atoms with Gasteiger partial charge in [0.15, 0.2) is 0 Å². The van der Waals surface area contributed by atoms with Crippen LogP contribution in [0, 0.1) is 6.92 Å². The molecule has 0 heterocycles. The summed E-state index contributed by atoms with van der Waals surface area (Å²) in [5.41, 5.74) is 7.89. The summed E-state index contributed by atoms with van der Waals surface area (Å²) in [7, 11) is 0. The Hall–Kier alpha value is -1.12. The molecular weight excluding hydrogens is 162 g/mol. The number of aliphatic hydroxyl groups excluding tert-OH is 1. The predicted molar refractivity (Wildman–Crippen MR) is 55.3 cm³/mol. The van der Waals surface area contributed by atoms with Crippen LogP contribution in [0.4, 0.5) is 0 Å². The first-order chi connectivity index (χ1) is 6.24. The van der Waals surface area contributed by atoms with Crippen molar-refractivity contribution in [2.24, 2.45) is 5.73 Å². The smallest absolute Gasteiger partial charge is 0.0618 e. The summed E-state index contributed by atoms with van der Waals surface area (Å²) in [5, 5.41) is 8.71. The Balaban J connectivity index is 2.74. The fourth-order valence-electron chi connectivity index (χ4n) is 1.06. The summed E-state index contributed by atoms with van der Waals surface area (Å²) in [5.74, 6) is 0. The minimum absolute atomic E-state index is 0.0115. The zero-order valence-corrected chi connectivity index (χ0v) is 7.77. The summed E-state index contributed by atoms with van der Waals surface area (Å²) >= 11 is 0. The minimum Gasteiger partial charge on any atom is -0.394 e. The third-order valence-electron chi connectivity index (χ3n) is 1.92. The monoisotopic (exact) mass is 177 g/mol. The van der Waals surface area contributed by atoms with E-state index in [1.54, 1.807) is 0 Å². The molecule has 1 unspecified atom stereocenters. The summed E-state index contributed by atoms with van der Waals surface area (Å²) in [6, 6.07) is 7.79. The Kier molecular flexibility index (Phi) is 3.68. The largest absolute Gasteiger partial charge is 0.394 e. The Labute approximate surface area is 78.7 Å². The van der Waals surface area contributed by atoms with Gasteiger partial charge in [-0.2, -0.15) is 0 Å². The molecule has 0 amide bonds. The van der Waals surface area contributed by atoms with E-state index in [4.69, 9.17) is 10.8 Å². The van der Waals surface area contributed by atoms with E-state index < -0.39 is 0 Å². The van der Waals surface area contributed by atoms with Gasteiger partial charge in [-0.3, -0.25) is 0 Å². The molecular formula is C11H15NO. The first-order valence-electron chi connectivity index (χ1n) is 4.34. The Morgan fingerprint density at radius 3 is 2.77 bits per heavy atom. The fraction of sp³-hybridized carbons (Fsp3) is 0.273. The van der Waals surface area contributed by atoms with Gasteiger partial charge in [-0.05, 0) is 18.1 Å². The summed E-state index contributed by atoms with van der Waals surface area (Å²) in [6.45, 7) is 2.03. The van der Waals surface area contributed by atoms with Crippen molar-refractivity contribution >= 4 is 6.08 Å². The maximum absolute atomic E-state index is 8.71. The molecule has 0 aliphatic heterocycles. The van der Waals surface area contributed by atoms with E-state index in [1.165, 1.54) is 5.56 Å². The van der Waals surface area contributed by atoms with Crippen molar-refractivity contribution in [2.45, 2.75) is 13.0 Å². The van der Waals surface area contributed by atoms with Crippen molar-refractivity contribution in [3.05, 3.63) is 41.5 Å². The van der Waals surface area contributed by atoms with Crippen LogP contribution in [0.5, 0.6) is 0 Å². The normalized spacial score (nSPS) is 13.5. The molecule has 1 atom stereocenters. The van der Waals surface area contributed by atoms with Crippen LogP contribution in [0.1, 0.15) is 11.1 Å². The first-order valence-corrected chi connectivity index (χ1v) is 4.34. The van der Waals surface area contributed by atoms with Crippen LogP contribution >= 0.6 is 0 Å². The van der Waals surface area contributed by atoms with Gasteiger partial charge >= 0.3 is 0 Å². The van der Waals surface area contributed by atoms with Gasteiger partial charge in [0.1, 0.15) is 0 Å². The lowest BCUT2D eigenvalue weighted by molar-refractivity contribution is 0.284. The Bertz CT molecular complexity index is 294. The maximum atomic E-state index is 8.71. The molecule has 0 saturated carbocycles. The van der Waals surface area contributed by atoms with E-state index in [0.717, 1.165) is 5.56 Å². The second kappa shape index (κ2) is 4.80. The van der Waals surface area contributed by atoms with Crippen LogP contribution in [-0.2, 0) is 0 Å². The number of aryl methyl sites for hydroxylation is 1. The number of rotatable bonds is 3. The van der Waals surface area contributed by atoms with E-state index in [2.05, 4.69) is 0 Å². The van der Waals surface area contributed by atoms with Gasteiger partial charge in [0.25, 0.3) is 0 Å². The highest BCUT2D eigenvalue weighted by atomic mass is 16.3. The van der Waals surface area contributed by atoms with Crippen molar-refractivity contribution in [3.63, 3.8) is 0 Å². The highest BCUT2D eigenvalue weighted by molar-refractivity contribution is 5.53. The molecule has 0 aromatic heterocycles. The summed E-state index contributed by atoms with van der Waals surface area (Å²) < 4.78 is 0.